The van der Waals surface area contributed by atoms with Crippen molar-refractivity contribution in [2.24, 2.45) is 5.92 Å². The fourth-order valence-corrected chi connectivity index (χ4v) is 4.94. The number of hydrogen-bond acceptors (Lipinski definition) is 6. The highest BCUT2D eigenvalue weighted by Crippen LogP contribution is 2.33. The fourth-order valence-electron chi connectivity index (χ4n) is 3.20. The minimum Gasteiger partial charge on any atom is -0.368 e. The maximum absolute atomic E-state index is 12.6. The van der Waals surface area contributed by atoms with E-state index < -0.39 is 9.84 Å². The van der Waals surface area contributed by atoms with Crippen LogP contribution in [0.5, 0.6) is 0 Å². The molecule has 0 aliphatic heterocycles. The lowest BCUT2D eigenvalue weighted by Gasteiger charge is -2.14. The van der Waals surface area contributed by atoms with Gasteiger partial charge in [-0.1, -0.05) is 36.4 Å². The summed E-state index contributed by atoms with van der Waals surface area (Å²) < 4.78 is 25.3. The predicted molar refractivity (Wildman–Crippen MR) is 121 cm³/mol. The van der Waals surface area contributed by atoms with Crippen molar-refractivity contribution < 1.29 is 8.42 Å². The molecule has 156 valence electrons. The standard InChI is InChI=1S/C23H26N4O2S/c1-16(2)24-21-14-22(27-23(26-21)18-7-4-3-5-8-18)25-19-9-6-10-20(13-19)30(28,29)15-17-11-12-17/h3-10,13-14,16-17H,11-12,15H2,1-2H3,(H2,24,25,26,27). The molecule has 7 heteroatoms. The minimum absolute atomic E-state index is 0.215. The predicted octanol–water partition coefficient (Wildman–Crippen LogP) is 4.89. The van der Waals surface area contributed by atoms with Gasteiger partial charge < -0.3 is 10.6 Å². The Morgan fingerprint density at radius 1 is 0.967 bits per heavy atom. The van der Waals surface area contributed by atoms with Crippen molar-refractivity contribution in [1.29, 1.82) is 0 Å². The molecule has 1 fully saturated rings. The van der Waals surface area contributed by atoms with Crippen molar-refractivity contribution in [3.63, 3.8) is 0 Å². The van der Waals surface area contributed by atoms with Crippen molar-refractivity contribution >= 4 is 27.2 Å². The van der Waals surface area contributed by atoms with E-state index in [1.54, 1.807) is 18.2 Å². The van der Waals surface area contributed by atoms with Crippen LogP contribution in [0.2, 0.25) is 0 Å². The lowest BCUT2D eigenvalue weighted by Crippen LogP contribution is -2.12. The van der Waals surface area contributed by atoms with Crippen LogP contribution in [0, 0.1) is 5.92 Å². The average Bonchev–Trinajstić information content (AvgIpc) is 3.51. The van der Waals surface area contributed by atoms with E-state index in [-0.39, 0.29) is 11.8 Å². The summed E-state index contributed by atoms with van der Waals surface area (Å²) in [4.78, 5) is 9.61. The van der Waals surface area contributed by atoms with E-state index in [4.69, 9.17) is 0 Å². The molecule has 1 aliphatic rings. The third-order valence-electron chi connectivity index (χ3n) is 4.81. The molecular weight excluding hydrogens is 396 g/mol. The van der Waals surface area contributed by atoms with Crippen LogP contribution in [0.1, 0.15) is 26.7 Å². The van der Waals surface area contributed by atoms with E-state index in [1.807, 2.05) is 56.3 Å². The number of nitrogens with zero attached hydrogens (tertiary/aromatic N) is 2. The Hall–Kier alpha value is -2.93. The number of sulfone groups is 1. The molecule has 1 aliphatic carbocycles. The van der Waals surface area contributed by atoms with E-state index in [2.05, 4.69) is 20.6 Å². The number of hydrogen-bond donors (Lipinski definition) is 2. The zero-order chi connectivity index (χ0) is 21.1. The normalized spacial score (nSPS) is 14.0. The van der Waals surface area contributed by atoms with Gasteiger partial charge in [0.25, 0.3) is 0 Å². The second kappa shape index (κ2) is 8.44. The first kappa shape index (κ1) is 20.3. The van der Waals surface area contributed by atoms with Crippen LogP contribution in [0.3, 0.4) is 0 Å². The maximum Gasteiger partial charge on any atom is 0.178 e. The van der Waals surface area contributed by atoms with Gasteiger partial charge in [-0.2, -0.15) is 0 Å². The molecule has 1 heterocycles. The van der Waals surface area contributed by atoms with Crippen LogP contribution in [-0.2, 0) is 9.84 Å². The van der Waals surface area contributed by atoms with Crippen molar-refractivity contribution in [3.8, 4) is 11.4 Å². The summed E-state index contributed by atoms with van der Waals surface area (Å²) in [6, 6.07) is 18.8. The largest absolute Gasteiger partial charge is 0.368 e. The fraction of sp³-hybridized carbons (Fsp3) is 0.304. The Bertz CT molecular complexity index is 1130. The van der Waals surface area contributed by atoms with Crippen molar-refractivity contribution in [1.82, 2.24) is 9.97 Å². The van der Waals surface area contributed by atoms with E-state index in [0.717, 1.165) is 18.4 Å². The lowest BCUT2D eigenvalue weighted by molar-refractivity contribution is 0.592. The molecule has 0 amide bonds. The van der Waals surface area contributed by atoms with Crippen molar-refractivity contribution in [3.05, 3.63) is 60.7 Å². The molecule has 0 spiro atoms. The van der Waals surface area contributed by atoms with Gasteiger partial charge in [0.1, 0.15) is 11.6 Å². The highest BCUT2D eigenvalue weighted by molar-refractivity contribution is 7.91. The maximum atomic E-state index is 12.6. The Labute approximate surface area is 177 Å². The second-order valence-corrected chi connectivity index (χ2v) is 10.0. The van der Waals surface area contributed by atoms with Crippen molar-refractivity contribution in [2.75, 3.05) is 16.4 Å². The molecule has 3 aromatic rings. The first-order chi connectivity index (χ1) is 14.4. The molecule has 0 radical (unpaired) electrons. The van der Waals surface area contributed by atoms with Gasteiger partial charge >= 0.3 is 0 Å². The van der Waals surface area contributed by atoms with Gasteiger partial charge in [-0.25, -0.2) is 18.4 Å². The molecule has 6 nitrogen and oxygen atoms in total. The minimum atomic E-state index is -3.27. The average molecular weight is 423 g/mol. The number of anilines is 3. The molecule has 2 N–H and O–H groups in total. The number of benzene rings is 2. The Balaban J connectivity index is 1.64. The highest BCUT2D eigenvalue weighted by Gasteiger charge is 2.29. The summed E-state index contributed by atoms with van der Waals surface area (Å²) in [5.41, 5.74) is 1.59. The zero-order valence-corrected chi connectivity index (χ0v) is 18.0. The SMILES string of the molecule is CC(C)Nc1cc(Nc2cccc(S(=O)(=O)CC3CC3)c2)nc(-c2ccccc2)n1. The molecular formula is C23H26N4O2S. The number of rotatable bonds is 8. The molecule has 2 aromatic carbocycles. The third-order valence-corrected chi connectivity index (χ3v) is 6.69. The molecule has 4 rings (SSSR count). The summed E-state index contributed by atoms with van der Waals surface area (Å²) in [5.74, 6) is 2.44. The van der Waals surface area contributed by atoms with Gasteiger partial charge in [0, 0.05) is 23.4 Å². The smallest absolute Gasteiger partial charge is 0.178 e. The molecule has 0 atom stereocenters. The third kappa shape index (κ3) is 5.16. The van der Waals surface area contributed by atoms with Crippen LogP contribution in [0.15, 0.2) is 65.6 Å². The molecule has 0 saturated heterocycles. The first-order valence-electron chi connectivity index (χ1n) is 10.2. The quantitative estimate of drug-likeness (QED) is 0.538. The van der Waals surface area contributed by atoms with Crippen LogP contribution in [-0.4, -0.2) is 30.2 Å². The molecule has 30 heavy (non-hydrogen) atoms. The topological polar surface area (TPSA) is 84.0 Å². The summed E-state index contributed by atoms with van der Waals surface area (Å²) in [5, 5.41) is 6.57. The first-order valence-corrected chi connectivity index (χ1v) is 11.9. The monoisotopic (exact) mass is 422 g/mol. The van der Waals surface area contributed by atoms with Crippen LogP contribution in [0.25, 0.3) is 11.4 Å². The van der Waals surface area contributed by atoms with Crippen molar-refractivity contribution in [2.45, 2.75) is 37.6 Å². The Morgan fingerprint density at radius 3 is 2.40 bits per heavy atom. The van der Waals surface area contributed by atoms with Gasteiger partial charge in [0.05, 0.1) is 10.6 Å². The summed E-state index contributed by atoms with van der Waals surface area (Å²) in [6.45, 7) is 4.09. The molecule has 0 unspecified atom stereocenters. The van der Waals surface area contributed by atoms with Gasteiger partial charge in [-0.05, 0) is 50.8 Å². The van der Waals surface area contributed by atoms with E-state index >= 15 is 0 Å². The Kier molecular flexibility index (Phi) is 5.72. The summed E-state index contributed by atoms with van der Waals surface area (Å²) >= 11 is 0. The van der Waals surface area contributed by atoms with Gasteiger partial charge in [0.2, 0.25) is 0 Å². The highest BCUT2D eigenvalue weighted by atomic mass is 32.2. The summed E-state index contributed by atoms with van der Waals surface area (Å²) in [7, 11) is -3.27. The van der Waals surface area contributed by atoms with E-state index in [1.165, 1.54) is 0 Å². The van der Waals surface area contributed by atoms with Gasteiger partial charge in [0.15, 0.2) is 15.7 Å². The van der Waals surface area contributed by atoms with E-state index in [9.17, 15) is 8.42 Å². The second-order valence-electron chi connectivity index (χ2n) is 8.00. The molecule has 1 saturated carbocycles. The van der Waals surface area contributed by atoms with Gasteiger partial charge in [-0.3, -0.25) is 0 Å². The number of nitrogens with one attached hydrogen (secondary N) is 2. The van der Waals surface area contributed by atoms with Gasteiger partial charge in [-0.15, -0.1) is 0 Å². The lowest BCUT2D eigenvalue weighted by atomic mass is 10.2. The van der Waals surface area contributed by atoms with E-state index in [0.29, 0.717) is 34.0 Å². The molecule has 1 aromatic heterocycles. The Morgan fingerprint density at radius 2 is 1.70 bits per heavy atom. The zero-order valence-electron chi connectivity index (χ0n) is 17.2. The van der Waals surface area contributed by atoms with Crippen LogP contribution < -0.4 is 10.6 Å². The van der Waals surface area contributed by atoms with Crippen LogP contribution in [0.4, 0.5) is 17.3 Å². The molecule has 0 bridgehead atoms. The summed E-state index contributed by atoms with van der Waals surface area (Å²) in [6.07, 6.45) is 2.01. The van der Waals surface area contributed by atoms with Crippen LogP contribution >= 0.6 is 0 Å². The number of aromatic nitrogens is 2.